The van der Waals surface area contributed by atoms with Crippen LogP contribution in [0.5, 0.6) is 5.75 Å². The summed E-state index contributed by atoms with van der Waals surface area (Å²) >= 11 is 0. The maximum Gasteiger partial charge on any atom is 0.308 e. The van der Waals surface area contributed by atoms with Gasteiger partial charge in [-0.05, 0) is 24.3 Å². The van der Waals surface area contributed by atoms with Crippen molar-refractivity contribution in [3.63, 3.8) is 0 Å². The number of fused-ring (bicyclic) bond motifs is 1. The summed E-state index contributed by atoms with van der Waals surface area (Å²) in [6.07, 6.45) is 4.02. The summed E-state index contributed by atoms with van der Waals surface area (Å²) in [5.74, 6) is -0.00275. The van der Waals surface area contributed by atoms with Gasteiger partial charge in [0.05, 0.1) is 5.69 Å². The fourth-order valence-electron chi connectivity index (χ4n) is 2.45. The molecule has 1 aromatic carbocycles. The van der Waals surface area contributed by atoms with E-state index in [2.05, 4.69) is 9.97 Å². The maximum absolute atomic E-state index is 12.5. The number of hydrogen-bond acceptors (Lipinski definition) is 5. The number of aromatic nitrogens is 2. The first-order valence-electron chi connectivity index (χ1n) is 6.99. The van der Waals surface area contributed by atoms with E-state index >= 15 is 0 Å². The lowest BCUT2D eigenvalue weighted by Gasteiger charge is -2.27. The van der Waals surface area contributed by atoms with E-state index in [1.807, 2.05) is 0 Å². The fourth-order valence-corrected chi connectivity index (χ4v) is 2.45. The molecular weight excluding hydrogens is 282 g/mol. The van der Waals surface area contributed by atoms with Crippen molar-refractivity contribution in [1.29, 1.82) is 0 Å². The Balaban J connectivity index is 1.73. The van der Waals surface area contributed by atoms with E-state index in [1.165, 1.54) is 13.3 Å². The molecule has 0 bridgehead atoms. The van der Waals surface area contributed by atoms with E-state index in [9.17, 15) is 9.59 Å². The number of nitrogens with zero attached hydrogens (tertiary/aromatic N) is 3. The van der Waals surface area contributed by atoms with Crippen LogP contribution in [0.2, 0.25) is 0 Å². The van der Waals surface area contributed by atoms with Crippen molar-refractivity contribution in [1.82, 2.24) is 14.9 Å². The molecule has 0 saturated heterocycles. The lowest BCUT2D eigenvalue weighted by Crippen LogP contribution is -2.36. The molecule has 0 spiro atoms. The molecule has 1 aliphatic rings. The van der Waals surface area contributed by atoms with Crippen LogP contribution in [0.25, 0.3) is 0 Å². The molecule has 0 unspecified atom stereocenters. The first-order valence-corrected chi connectivity index (χ1v) is 6.99. The molecule has 0 fully saturated rings. The van der Waals surface area contributed by atoms with Gasteiger partial charge in [-0.15, -0.1) is 0 Å². The van der Waals surface area contributed by atoms with Gasteiger partial charge in [-0.2, -0.15) is 0 Å². The minimum absolute atomic E-state index is 0.0520. The zero-order valence-electron chi connectivity index (χ0n) is 12.2. The summed E-state index contributed by atoms with van der Waals surface area (Å²) in [5, 5.41) is 0. The third kappa shape index (κ3) is 2.95. The zero-order valence-corrected chi connectivity index (χ0v) is 12.2. The van der Waals surface area contributed by atoms with Crippen molar-refractivity contribution in [3.8, 4) is 5.75 Å². The van der Waals surface area contributed by atoms with Gasteiger partial charge in [0.25, 0.3) is 5.91 Å². The highest BCUT2D eigenvalue weighted by atomic mass is 16.5. The van der Waals surface area contributed by atoms with Crippen LogP contribution >= 0.6 is 0 Å². The molecule has 6 nitrogen and oxygen atoms in total. The second kappa shape index (κ2) is 5.93. The predicted octanol–water partition coefficient (Wildman–Crippen LogP) is 1.60. The molecule has 112 valence electrons. The van der Waals surface area contributed by atoms with E-state index in [-0.39, 0.29) is 11.9 Å². The van der Waals surface area contributed by atoms with Gasteiger partial charge in [0, 0.05) is 43.8 Å². The Kier molecular flexibility index (Phi) is 3.82. The summed E-state index contributed by atoms with van der Waals surface area (Å²) in [5.41, 5.74) is 2.55. The molecule has 22 heavy (non-hydrogen) atoms. The molecule has 0 saturated carbocycles. The second-order valence-electron chi connectivity index (χ2n) is 5.09. The molecule has 0 atom stereocenters. The molecule has 3 rings (SSSR count). The summed E-state index contributed by atoms with van der Waals surface area (Å²) in [6.45, 7) is 2.49. The van der Waals surface area contributed by atoms with Crippen molar-refractivity contribution in [2.75, 3.05) is 6.54 Å². The number of esters is 1. The average molecular weight is 297 g/mol. The SMILES string of the molecule is CC(=O)Oc1ccc(C(=O)N2CCc3ncncc3C2)cc1. The molecule has 1 aliphatic heterocycles. The number of ether oxygens (including phenoxy) is 1. The standard InChI is InChI=1S/C16H15N3O3/c1-11(20)22-14-4-2-12(3-5-14)16(21)19-7-6-15-13(9-19)8-17-10-18-15/h2-5,8,10H,6-7,9H2,1H3. The summed E-state index contributed by atoms with van der Waals surface area (Å²) < 4.78 is 4.96. The first kappa shape index (κ1) is 14.2. The molecule has 1 amide bonds. The Bertz CT molecular complexity index is 713. The summed E-state index contributed by atoms with van der Waals surface area (Å²) in [7, 11) is 0. The molecule has 2 heterocycles. The molecule has 0 radical (unpaired) electrons. The lowest BCUT2D eigenvalue weighted by atomic mass is 10.1. The Morgan fingerprint density at radius 3 is 2.73 bits per heavy atom. The topological polar surface area (TPSA) is 72.4 Å². The Labute approximate surface area is 127 Å². The lowest BCUT2D eigenvalue weighted by molar-refractivity contribution is -0.131. The van der Waals surface area contributed by atoms with Crippen LogP contribution in [0.3, 0.4) is 0 Å². The molecule has 6 heteroatoms. The van der Waals surface area contributed by atoms with Crippen LogP contribution in [0.4, 0.5) is 0 Å². The fraction of sp³-hybridized carbons (Fsp3) is 0.250. The highest BCUT2D eigenvalue weighted by Gasteiger charge is 2.22. The minimum atomic E-state index is -0.383. The number of rotatable bonds is 2. The Morgan fingerprint density at radius 1 is 1.23 bits per heavy atom. The number of carbonyl (C=O) groups is 2. The van der Waals surface area contributed by atoms with Gasteiger partial charge in [0.15, 0.2) is 0 Å². The molecular formula is C16H15N3O3. The van der Waals surface area contributed by atoms with E-state index < -0.39 is 0 Å². The highest BCUT2D eigenvalue weighted by molar-refractivity contribution is 5.94. The Hall–Kier alpha value is -2.76. The van der Waals surface area contributed by atoms with Crippen molar-refractivity contribution < 1.29 is 14.3 Å². The third-order valence-corrected chi connectivity index (χ3v) is 3.51. The van der Waals surface area contributed by atoms with Gasteiger partial charge in [-0.25, -0.2) is 9.97 Å². The van der Waals surface area contributed by atoms with Crippen LogP contribution in [-0.4, -0.2) is 33.3 Å². The van der Waals surface area contributed by atoms with E-state index in [0.29, 0.717) is 24.4 Å². The predicted molar refractivity (Wildman–Crippen MR) is 78.2 cm³/mol. The second-order valence-corrected chi connectivity index (χ2v) is 5.09. The van der Waals surface area contributed by atoms with E-state index in [1.54, 1.807) is 35.4 Å². The van der Waals surface area contributed by atoms with Crippen molar-refractivity contribution in [2.24, 2.45) is 0 Å². The van der Waals surface area contributed by atoms with Crippen molar-refractivity contribution in [2.45, 2.75) is 19.9 Å². The molecule has 0 aliphatic carbocycles. The Morgan fingerprint density at radius 2 is 2.00 bits per heavy atom. The summed E-state index contributed by atoms with van der Waals surface area (Å²) in [6, 6.07) is 6.57. The third-order valence-electron chi connectivity index (χ3n) is 3.51. The van der Waals surface area contributed by atoms with Gasteiger partial charge in [-0.1, -0.05) is 0 Å². The van der Waals surface area contributed by atoms with Gasteiger partial charge in [0.1, 0.15) is 12.1 Å². The van der Waals surface area contributed by atoms with Gasteiger partial charge < -0.3 is 9.64 Å². The van der Waals surface area contributed by atoms with Gasteiger partial charge in [-0.3, -0.25) is 9.59 Å². The normalized spacial score (nSPS) is 13.4. The van der Waals surface area contributed by atoms with Crippen molar-refractivity contribution in [3.05, 3.63) is 53.6 Å². The van der Waals surface area contributed by atoms with Crippen LogP contribution < -0.4 is 4.74 Å². The van der Waals surface area contributed by atoms with Crippen molar-refractivity contribution >= 4 is 11.9 Å². The quantitative estimate of drug-likeness (QED) is 0.622. The monoisotopic (exact) mass is 297 g/mol. The smallest absolute Gasteiger partial charge is 0.308 e. The van der Waals surface area contributed by atoms with Crippen LogP contribution in [0, 0.1) is 0 Å². The molecule has 2 aromatic rings. The largest absolute Gasteiger partial charge is 0.427 e. The van der Waals surface area contributed by atoms with Gasteiger partial charge >= 0.3 is 5.97 Å². The highest BCUT2D eigenvalue weighted by Crippen LogP contribution is 2.19. The number of hydrogen-bond donors (Lipinski definition) is 0. The van der Waals surface area contributed by atoms with E-state index in [0.717, 1.165) is 17.7 Å². The van der Waals surface area contributed by atoms with Crippen LogP contribution in [-0.2, 0) is 17.8 Å². The summed E-state index contributed by atoms with van der Waals surface area (Å²) in [4.78, 5) is 33.4. The number of amides is 1. The molecule has 1 aromatic heterocycles. The average Bonchev–Trinajstić information content (AvgIpc) is 2.54. The number of benzene rings is 1. The maximum atomic E-state index is 12.5. The van der Waals surface area contributed by atoms with Crippen LogP contribution in [0.15, 0.2) is 36.8 Å². The molecule has 0 N–H and O–H groups in total. The zero-order chi connectivity index (χ0) is 15.5. The first-order chi connectivity index (χ1) is 10.6. The number of carbonyl (C=O) groups excluding carboxylic acids is 2. The van der Waals surface area contributed by atoms with E-state index in [4.69, 9.17) is 4.74 Å². The van der Waals surface area contributed by atoms with Crippen LogP contribution in [0.1, 0.15) is 28.5 Å². The van der Waals surface area contributed by atoms with Gasteiger partial charge in [0.2, 0.25) is 0 Å². The minimum Gasteiger partial charge on any atom is -0.427 e.